The van der Waals surface area contributed by atoms with Gasteiger partial charge in [-0.1, -0.05) is 41.6 Å². The zero-order valence-corrected chi connectivity index (χ0v) is 17.0. The number of aromatic nitrogens is 4. The zero-order valence-electron chi connectivity index (χ0n) is 15.5. The second-order valence-electron chi connectivity index (χ2n) is 6.13. The fourth-order valence-corrected chi connectivity index (χ4v) is 3.38. The fraction of sp³-hybridized carbons (Fsp3) is 0.278. The lowest BCUT2D eigenvalue weighted by atomic mass is 10.1. The van der Waals surface area contributed by atoms with Crippen molar-refractivity contribution >= 4 is 29.3 Å². The molecule has 3 aromatic rings. The van der Waals surface area contributed by atoms with Crippen molar-refractivity contribution in [3.05, 3.63) is 72.8 Å². The number of carbonyl (C=O) groups is 1. The number of rotatable bonds is 8. The quantitative estimate of drug-likeness (QED) is 0.457. The Balaban J connectivity index is 1.48. The third-order valence-electron chi connectivity index (χ3n) is 4.05. The smallest absolute Gasteiger partial charge is 0.325 e. The summed E-state index contributed by atoms with van der Waals surface area (Å²) in [4.78, 5) is 39.8. The molecule has 1 amide bonds. The maximum atomic E-state index is 12.0. The molecule has 2 aromatic heterocycles. The van der Waals surface area contributed by atoms with Crippen LogP contribution in [0.15, 0.2) is 43.5 Å². The molecule has 0 bridgehead atoms. The third kappa shape index (κ3) is 5.81. The predicted molar refractivity (Wildman–Crippen MR) is 108 cm³/mol. The van der Waals surface area contributed by atoms with Crippen molar-refractivity contribution in [3.8, 4) is 0 Å². The largest absolute Gasteiger partial charge is 0.416 e. The monoisotopic (exact) mass is 435 g/mol. The van der Waals surface area contributed by atoms with Gasteiger partial charge in [0.25, 0.3) is 10.8 Å². The minimum Gasteiger partial charge on any atom is -0.416 e. The number of amides is 1. The van der Waals surface area contributed by atoms with Gasteiger partial charge in [-0.05, 0) is 25.0 Å². The molecular weight excluding hydrogens is 418 g/mol. The number of nitrogens with zero attached hydrogens (tertiary/aromatic N) is 2. The number of aryl methyl sites for hydroxylation is 2. The first kappa shape index (κ1) is 20.9. The van der Waals surface area contributed by atoms with Crippen LogP contribution in [0.2, 0.25) is 5.02 Å². The minimum absolute atomic E-state index is 0.116. The van der Waals surface area contributed by atoms with E-state index in [1.807, 2.05) is 18.2 Å². The van der Waals surface area contributed by atoms with Gasteiger partial charge in [-0.15, -0.1) is 10.2 Å². The molecule has 3 rings (SSSR count). The van der Waals surface area contributed by atoms with Gasteiger partial charge in [-0.3, -0.25) is 14.6 Å². The van der Waals surface area contributed by atoms with Gasteiger partial charge in [0.05, 0.1) is 5.75 Å². The van der Waals surface area contributed by atoms with Gasteiger partial charge >= 0.3 is 5.69 Å². The van der Waals surface area contributed by atoms with Crippen molar-refractivity contribution < 1.29 is 9.21 Å². The van der Waals surface area contributed by atoms with Gasteiger partial charge < -0.3 is 14.7 Å². The molecule has 1 aromatic carbocycles. The Morgan fingerprint density at radius 2 is 2.00 bits per heavy atom. The highest BCUT2D eigenvalue weighted by atomic mass is 35.5. The van der Waals surface area contributed by atoms with Gasteiger partial charge in [0.2, 0.25) is 11.8 Å². The molecule has 11 heteroatoms. The van der Waals surface area contributed by atoms with Crippen molar-refractivity contribution in [1.29, 1.82) is 0 Å². The molecule has 0 saturated carbocycles. The topological polar surface area (TPSA) is 134 Å². The fourth-order valence-electron chi connectivity index (χ4n) is 2.57. The van der Waals surface area contributed by atoms with Crippen LogP contribution in [0.5, 0.6) is 0 Å². The van der Waals surface area contributed by atoms with Gasteiger partial charge in [0.15, 0.2) is 0 Å². The lowest BCUT2D eigenvalue weighted by Crippen LogP contribution is -2.27. The van der Waals surface area contributed by atoms with Gasteiger partial charge in [0, 0.05) is 29.2 Å². The molecule has 3 N–H and O–H groups in total. The van der Waals surface area contributed by atoms with Crippen molar-refractivity contribution in [2.24, 2.45) is 0 Å². The molecule has 29 heavy (non-hydrogen) atoms. The van der Waals surface area contributed by atoms with Crippen LogP contribution < -0.4 is 16.6 Å². The van der Waals surface area contributed by atoms with Gasteiger partial charge in [-0.2, -0.15) is 0 Å². The van der Waals surface area contributed by atoms with Crippen LogP contribution in [-0.2, 0) is 24.2 Å². The van der Waals surface area contributed by atoms with E-state index in [4.69, 9.17) is 16.0 Å². The van der Waals surface area contributed by atoms with E-state index >= 15 is 0 Å². The summed E-state index contributed by atoms with van der Waals surface area (Å²) in [5, 5.41) is 11.5. The lowest BCUT2D eigenvalue weighted by molar-refractivity contribution is -0.118. The van der Waals surface area contributed by atoms with E-state index in [1.165, 1.54) is 0 Å². The molecule has 0 radical (unpaired) electrons. The summed E-state index contributed by atoms with van der Waals surface area (Å²) in [7, 11) is 0. The molecule has 0 unspecified atom stereocenters. The molecule has 0 saturated heterocycles. The second-order valence-corrected chi connectivity index (χ2v) is 7.46. The summed E-state index contributed by atoms with van der Waals surface area (Å²) in [6.07, 6.45) is 0.671. The Labute approximate surface area is 174 Å². The molecule has 2 heterocycles. The van der Waals surface area contributed by atoms with Crippen LogP contribution in [0, 0.1) is 6.92 Å². The number of hydrogen-bond acceptors (Lipinski definition) is 7. The first-order chi connectivity index (χ1) is 13.9. The summed E-state index contributed by atoms with van der Waals surface area (Å²) < 4.78 is 5.50. The van der Waals surface area contributed by atoms with E-state index in [1.54, 1.807) is 13.0 Å². The number of H-pyrrole nitrogens is 2. The SMILES string of the molecule is Cc1[nH]c(=O)[nH]c(=O)c1CCc1nnc(SCC(=O)NCc2ccccc2Cl)o1. The van der Waals surface area contributed by atoms with Crippen LogP contribution in [0.3, 0.4) is 0 Å². The van der Waals surface area contributed by atoms with Crippen LogP contribution in [-0.4, -0.2) is 31.8 Å². The lowest BCUT2D eigenvalue weighted by Gasteiger charge is -2.05. The average molecular weight is 436 g/mol. The molecule has 152 valence electrons. The molecule has 0 fully saturated rings. The Morgan fingerprint density at radius 1 is 1.21 bits per heavy atom. The highest BCUT2D eigenvalue weighted by molar-refractivity contribution is 7.99. The minimum atomic E-state index is -0.541. The highest BCUT2D eigenvalue weighted by Gasteiger charge is 2.12. The maximum Gasteiger partial charge on any atom is 0.325 e. The normalized spacial score (nSPS) is 10.8. The number of aromatic amines is 2. The Kier molecular flexibility index (Phi) is 6.89. The van der Waals surface area contributed by atoms with Crippen molar-refractivity contribution in [3.63, 3.8) is 0 Å². The Hall–Kier alpha value is -2.85. The number of halogens is 1. The predicted octanol–water partition coefficient (Wildman–Crippen LogP) is 1.60. The summed E-state index contributed by atoms with van der Waals surface area (Å²) in [5.74, 6) is 0.268. The first-order valence-electron chi connectivity index (χ1n) is 8.69. The zero-order chi connectivity index (χ0) is 20.8. The Bertz CT molecular complexity index is 1120. The van der Waals surface area contributed by atoms with E-state index < -0.39 is 11.2 Å². The van der Waals surface area contributed by atoms with Crippen molar-refractivity contribution in [1.82, 2.24) is 25.5 Å². The molecular formula is C18H18ClN5O4S. The molecule has 0 atom stereocenters. The maximum absolute atomic E-state index is 12.0. The van der Waals surface area contributed by atoms with E-state index in [0.717, 1.165) is 17.3 Å². The molecule has 0 aliphatic carbocycles. The van der Waals surface area contributed by atoms with E-state index in [9.17, 15) is 14.4 Å². The number of thioether (sulfide) groups is 1. The van der Waals surface area contributed by atoms with Crippen LogP contribution in [0.1, 0.15) is 22.7 Å². The standard InChI is InChI=1S/C18H18ClN5O4S/c1-10-12(16(26)22-17(27)21-10)6-7-15-23-24-18(28-15)29-9-14(25)20-8-11-4-2-3-5-13(11)19/h2-5H,6-9H2,1H3,(H,20,25)(H2,21,22,26,27). The van der Waals surface area contributed by atoms with Crippen LogP contribution >= 0.6 is 23.4 Å². The summed E-state index contributed by atoms with van der Waals surface area (Å²) in [5.41, 5.74) is 0.815. The second kappa shape index (κ2) is 9.57. The van der Waals surface area contributed by atoms with Crippen LogP contribution in [0.4, 0.5) is 0 Å². The number of carbonyl (C=O) groups excluding carboxylic acids is 1. The number of hydrogen-bond donors (Lipinski definition) is 3. The number of benzene rings is 1. The van der Waals surface area contributed by atoms with Crippen LogP contribution in [0.25, 0.3) is 0 Å². The molecule has 0 spiro atoms. The van der Waals surface area contributed by atoms with E-state index in [-0.39, 0.29) is 16.9 Å². The summed E-state index contributed by atoms with van der Waals surface area (Å²) in [6.45, 7) is 1.99. The highest BCUT2D eigenvalue weighted by Crippen LogP contribution is 2.17. The molecule has 0 aliphatic heterocycles. The summed E-state index contributed by atoms with van der Waals surface area (Å²) in [6, 6.07) is 7.28. The first-order valence-corrected chi connectivity index (χ1v) is 10.1. The average Bonchev–Trinajstić information content (AvgIpc) is 3.13. The van der Waals surface area contributed by atoms with Crippen molar-refractivity contribution in [2.45, 2.75) is 31.5 Å². The van der Waals surface area contributed by atoms with E-state index in [0.29, 0.717) is 41.6 Å². The number of nitrogens with one attached hydrogen (secondary N) is 3. The molecule has 0 aliphatic rings. The third-order valence-corrected chi connectivity index (χ3v) is 5.24. The van der Waals surface area contributed by atoms with Crippen molar-refractivity contribution in [2.75, 3.05) is 5.75 Å². The Morgan fingerprint density at radius 3 is 2.76 bits per heavy atom. The van der Waals surface area contributed by atoms with E-state index in [2.05, 4.69) is 25.5 Å². The summed E-state index contributed by atoms with van der Waals surface area (Å²) >= 11 is 7.17. The van der Waals surface area contributed by atoms with Gasteiger partial charge in [0.1, 0.15) is 0 Å². The van der Waals surface area contributed by atoms with Gasteiger partial charge in [-0.25, -0.2) is 4.79 Å². The molecule has 9 nitrogen and oxygen atoms in total.